The van der Waals surface area contributed by atoms with Gasteiger partial charge in [0.15, 0.2) is 0 Å². The molecule has 0 saturated carbocycles. The molecule has 1 aliphatic heterocycles. The maximum atomic E-state index is 11.5. The lowest BCUT2D eigenvalue weighted by molar-refractivity contribution is -0.128. The first-order chi connectivity index (χ1) is 7.15. The summed E-state index contributed by atoms with van der Waals surface area (Å²) < 4.78 is 0. The van der Waals surface area contributed by atoms with E-state index < -0.39 is 0 Å². The molecule has 1 atom stereocenters. The molecule has 0 spiro atoms. The number of hydrogen-bond acceptors (Lipinski definition) is 3. The molecule has 2 rings (SSSR count). The van der Waals surface area contributed by atoms with Gasteiger partial charge in [-0.15, -0.1) is 0 Å². The topological polar surface area (TPSA) is 59.2 Å². The van der Waals surface area contributed by atoms with E-state index in [0.717, 1.165) is 11.3 Å². The molecule has 80 valence electrons. The van der Waals surface area contributed by atoms with Crippen LogP contribution < -0.4 is 5.73 Å². The second-order valence-electron chi connectivity index (χ2n) is 4.05. The Morgan fingerprint density at radius 3 is 2.93 bits per heavy atom. The Kier molecular flexibility index (Phi) is 2.68. The lowest BCUT2D eigenvalue weighted by Gasteiger charge is -2.15. The third-order valence-corrected chi connectivity index (χ3v) is 2.59. The number of likely N-dealkylation sites (tertiary alicyclic amines) is 1. The lowest BCUT2D eigenvalue weighted by Crippen LogP contribution is -2.27. The highest BCUT2D eigenvalue weighted by Crippen LogP contribution is 2.13. The van der Waals surface area contributed by atoms with Crippen molar-refractivity contribution in [3.63, 3.8) is 0 Å². The van der Waals surface area contributed by atoms with Gasteiger partial charge in [-0.3, -0.25) is 9.78 Å². The molecule has 1 aromatic heterocycles. The number of rotatable bonds is 2. The maximum Gasteiger partial charge on any atom is 0.224 e. The van der Waals surface area contributed by atoms with Gasteiger partial charge in [-0.1, -0.05) is 6.07 Å². The third kappa shape index (κ3) is 2.33. The summed E-state index contributed by atoms with van der Waals surface area (Å²) in [5.74, 6) is 0.142. The van der Waals surface area contributed by atoms with Crippen LogP contribution in [0.4, 0.5) is 0 Å². The second kappa shape index (κ2) is 3.98. The zero-order valence-electron chi connectivity index (χ0n) is 8.81. The molecule has 0 aromatic carbocycles. The Bertz CT molecular complexity index is 361. The number of nitrogens with two attached hydrogens (primary N) is 1. The number of hydrogen-bond donors (Lipinski definition) is 1. The van der Waals surface area contributed by atoms with Crippen LogP contribution in [-0.2, 0) is 11.3 Å². The molecule has 1 unspecified atom stereocenters. The van der Waals surface area contributed by atoms with Crippen LogP contribution in [0.5, 0.6) is 0 Å². The lowest BCUT2D eigenvalue weighted by atomic mass is 10.2. The van der Waals surface area contributed by atoms with Gasteiger partial charge >= 0.3 is 0 Å². The number of nitrogens with zero attached hydrogens (tertiary/aromatic N) is 2. The molecule has 1 aliphatic rings. The van der Waals surface area contributed by atoms with Crippen LogP contribution in [0.3, 0.4) is 0 Å². The summed E-state index contributed by atoms with van der Waals surface area (Å²) in [6.07, 6.45) is 2.28. The summed E-state index contributed by atoms with van der Waals surface area (Å²) in [6.45, 7) is 3.23. The van der Waals surface area contributed by atoms with Gasteiger partial charge in [0.25, 0.3) is 0 Å². The molecule has 15 heavy (non-hydrogen) atoms. The summed E-state index contributed by atoms with van der Waals surface area (Å²) in [4.78, 5) is 17.5. The van der Waals surface area contributed by atoms with E-state index in [4.69, 9.17) is 5.73 Å². The van der Waals surface area contributed by atoms with Gasteiger partial charge in [0.05, 0.1) is 0 Å². The molecule has 1 fully saturated rings. The summed E-state index contributed by atoms with van der Waals surface area (Å²) in [6, 6.07) is 3.95. The average Bonchev–Trinajstić information content (AvgIpc) is 2.49. The average molecular weight is 205 g/mol. The van der Waals surface area contributed by atoms with Crippen LogP contribution in [0.15, 0.2) is 18.3 Å². The van der Waals surface area contributed by atoms with Crippen molar-refractivity contribution in [3.8, 4) is 0 Å². The fourth-order valence-electron chi connectivity index (χ4n) is 1.77. The maximum absolute atomic E-state index is 11.5. The minimum absolute atomic E-state index is 0.00379. The van der Waals surface area contributed by atoms with Crippen molar-refractivity contribution in [1.82, 2.24) is 9.88 Å². The molecule has 1 aromatic rings. The van der Waals surface area contributed by atoms with Gasteiger partial charge in [-0.05, 0) is 18.6 Å². The molecule has 0 radical (unpaired) electrons. The van der Waals surface area contributed by atoms with Gasteiger partial charge in [0, 0.05) is 37.4 Å². The Hall–Kier alpha value is -1.42. The molecule has 2 N–H and O–H groups in total. The number of pyridine rings is 1. The molecule has 4 nitrogen and oxygen atoms in total. The van der Waals surface area contributed by atoms with E-state index in [9.17, 15) is 4.79 Å². The molecule has 1 saturated heterocycles. The van der Waals surface area contributed by atoms with Gasteiger partial charge in [-0.25, -0.2) is 0 Å². The zero-order chi connectivity index (χ0) is 10.8. The van der Waals surface area contributed by atoms with E-state index in [1.54, 1.807) is 4.90 Å². The standard InChI is InChI=1S/C11H15N3O/c1-8-2-3-9(5-13-8)6-14-7-10(12)4-11(14)15/h2-3,5,10H,4,6-7,12H2,1H3. The zero-order valence-corrected chi connectivity index (χ0v) is 8.81. The smallest absolute Gasteiger partial charge is 0.224 e. The van der Waals surface area contributed by atoms with Crippen molar-refractivity contribution >= 4 is 5.91 Å². The van der Waals surface area contributed by atoms with Crippen molar-refractivity contribution in [3.05, 3.63) is 29.6 Å². The highest BCUT2D eigenvalue weighted by molar-refractivity contribution is 5.79. The molecule has 0 bridgehead atoms. The number of carbonyl (C=O) groups excluding carboxylic acids is 1. The van der Waals surface area contributed by atoms with Crippen molar-refractivity contribution in [2.45, 2.75) is 25.9 Å². The Morgan fingerprint density at radius 1 is 1.60 bits per heavy atom. The number of amides is 1. The SMILES string of the molecule is Cc1ccc(CN2CC(N)CC2=O)cn1. The third-order valence-electron chi connectivity index (χ3n) is 2.59. The molecule has 0 aliphatic carbocycles. The minimum Gasteiger partial charge on any atom is -0.337 e. The van der Waals surface area contributed by atoms with Gasteiger partial charge in [0.2, 0.25) is 5.91 Å². The summed E-state index contributed by atoms with van der Waals surface area (Å²) >= 11 is 0. The second-order valence-corrected chi connectivity index (χ2v) is 4.05. The van der Waals surface area contributed by atoms with Crippen molar-refractivity contribution in [2.75, 3.05) is 6.54 Å². The minimum atomic E-state index is -0.00379. The van der Waals surface area contributed by atoms with E-state index in [0.29, 0.717) is 19.5 Å². The summed E-state index contributed by atoms with van der Waals surface area (Å²) in [7, 11) is 0. The summed E-state index contributed by atoms with van der Waals surface area (Å²) in [5.41, 5.74) is 7.76. The predicted octanol–water partition coefficient (Wildman–Crippen LogP) is 0.450. The Labute approximate surface area is 89.1 Å². The van der Waals surface area contributed by atoms with Gasteiger partial charge in [-0.2, -0.15) is 0 Å². The molecule has 4 heteroatoms. The van der Waals surface area contributed by atoms with Crippen molar-refractivity contribution < 1.29 is 4.79 Å². The normalized spacial score (nSPS) is 21.1. The fraction of sp³-hybridized carbons (Fsp3) is 0.455. The number of carbonyl (C=O) groups is 1. The van der Waals surface area contributed by atoms with Crippen molar-refractivity contribution in [2.24, 2.45) is 5.73 Å². The van der Waals surface area contributed by atoms with E-state index in [1.165, 1.54) is 0 Å². The van der Waals surface area contributed by atoms with Gasteiger partial charge < -0.3 is 10.6 Å². The molecular formula is C11H15N3O. The van der Waals surface area contributed by atoms with Crippen LogP contribution in [0.2, 0.25) is 0 Å². The Morgan fingerprint density at radius 2 is 2.40 bits per heavy atom. The van der Waals surface area contributed by atoms with Crippen LogP contribution in [-0.4, -0.2) is 28.4 Å². The highest BCUT2D eigenvalue weighted by Gasteiger charge is 2.26. The van der Waals surface area contributed by atoms with Crippen LogP contribution in [0.1, 0.15) is 17.7 Å². The predicted molar refractivity (Wildman–Crippen MR) is 57.0 cm³/mol. The number of aryl methyl sites for hydroxylation is 1. The first-order valence-electron chi connectivity index (χ1n) is 5.10. The molecule has 1 amide bonds. The van der Waals surface area contributed by atoms with Crippen LogP contribution in [0, 0.1) is 6.92 Å². The quantitative estimate of drug-likeness (QED) is 0.762. The summed E-state index contributed by atoms with van der Waals surface area (Å²) in [5, 5.41) is 0. The van der Waals surface area contributed by atoms with Crippen molar-refractivity contribution in [1.29, 1.82) is 0 Å². The van der Waals surface area contributed by atoms with E-state index in [-0.39, 0.29) is 11.9 Å². The van der Waals surface area contributed by atoms with E-state index in [1.807, 2.05) is 25.3 Å². The molecule has 2 heterocycles. The monoisotopic (exact) mass is 205 g/mol. The fourth-order valence-corrected chi connectivity index (χ4v) is 1.77. The first kappa shape index (κ1) is 10.1. The van der Waals surface area contributed by atoms with E-state index in [2.05, 4.69) is 4.98 Å². The van der Waals surface area contributed by atoms with E-state index >= 15 is 0 Å². The van der Waals surface area contributed by atoms with Crippen LogP contribution >= 0.6 is 0 Å². The first-order valence-corrected chi connectivity index (χ1v) is 5.10. The highest BCUT2D eigenvalue weighted by atomic mass is 16.2. The Balaban J connectivity index is 2.03. The van der Waals surface area contributed by atoms with Crippen LogP contribution in [0.25, 0.3) is 0 Å². The number of aromatic nitrogens is 1. The largest absolute Gasteiger partial charge is 0.337 e. The molecular weight excluding hydrogens is 190 g/mol. The van der Waals surface area contributed by atoms with Gasteiger partial charge in [0.1, 0.15) is 0 Å².